The molecule has 0 spiro atoms. The summed E-state index contributed by atoms with van der Waals surface area (Å²) in [6.45, 7) is 4.07. The second-order valence-corrected chi connectivity index (χ2v) is 7.67. The Morgan fingerprint density at radius 1 is 0.864 bits per heavy atom. The minimum absolute atomic E-state index is 0.273. The molecule has 7 nitrogen and oxygen atoms in total. The first-order chi connectivity index (χ1) is 10.6. The molecule has 8 heteroatoms. The molecule has 22 heavy (non-hydrogen) atoms. The van der Waals surface area contributed by atoms with Gasteiger partial charge < -0.3 is 32.6 Å². The molecule has 0 aliphatic rings. The number of hydrogen-bond acceptors (Lipinski definition) is 7. The SMILES string of the molecule is CCCOC.COCC(O)COCCC[Si](OC)(OC)OC. The van der Waals surface area contributed by atoms with Crippen molar-refractivity contribution in [3.8, 4) is 0 Å². The highest BCUT2D eigenvalue weighted by molar-refractivity contribution is 6.60. The van der Waals surface area contributed by atoms with Gasteiger partial charge in [-0.3, -0.25) is 0 Å². The van der Waals surface area contributed by atoms with Crippen LogP contribution in [0.25, 0.3) is 0 Å². The summed E-state index contributed by atoms with van der Waals surface area (Å²) in [5, 5.41) is 9.33. The van der Waals surface area contributed by atoms with Crippen LogP contribution in [0.3, 0.4) is 0 Å². The number of aliphatic hydroxyl groups excluding tert-OH is 1. The van der Waals surface area contributed by atoms with E-state index in [9.17, 15) is 5.11 Å². The maximum atomic E-state index is 9.33. The second-order valence-electron chi connectivity index (χ2n) is 4.58. The lowest BCUT2D eigenvalue weighted by Crippen LogP contribution is -2.42. The maximum Gasteiger partial charge on any atom is 0.500 e. The van der Waals surface area contributed by atoms with Crippen molar-refractivity contribution in [2.75, 3.05) is 62.0 Å². The molecule has 0 aromatic heterocycles. The predicted octanol–water partition coefficient (Wildman–Crippen LogP) is 1.32. The standard InChI is InChI=1S/C10H24O6Si.C4H10O/c1-12-8-10(11)9-16-6-5-7-17(13-2,14-3)15-4;1-3-4-5-2/h10-11H,5-9H2,1-4H3;3-4H2,1-2H3. The topological polar surface area (TPSA) is 75.6 Å². The quantitative estimate of drug-likeness (QED) is 0.400. The van der Waals surface area contributed by atoms with Gasteiger partial charge in [-0.05, 0) is 12.8 Å². The van der Waals surface area contributed by atoms with Gasteiger partial charge in [0.15, 0.2) is 0 Å². The summed E-state index contributed by atoms with van der Waals surface area (Å²) < 4.78 is 30.6. The molecule has 136 valence electrons. The number of aliphatic hydroxyl groups is 1. The van der Waals surface area contributed by atoms with Gasteiger partial charge >= 0.3 is 8.80 Å². The van der Waals surface area contributed by atoms with E-state index >= 15 is 0 Å². The van der Waals surface area contributed by atoms with E-state index in [2.05, 4.69) is 6.92 Å². The average molecular weight is 343 g/mol. The molecule has 1 N–H and O–H groups in total. The van der Waals surface area contributed by atoms with Crippen LogP contribution in [0.2, 0.25) is 6.04 Å². The van der Waals surface area contributed by atoms with Gasteiger partial charge in [0.25, 0.3) is 0 Å². The van der Waals surface area contributed by atoms with Crippen LogP contribution in [0.1, 0.15) is 19.8 Å². The van der Waals surface area contributed by atoms with Crippen molar-refractivity contribution < 1.29 is 32.6 Å². The van der Waals surface area contributed by atoms with Gasteiger partial charge in [0, 0.05) is 54.8 Å². The smallest absolute Gasteiger partial charge is 0.388 e. The van der Waals surface area contributed by atoms with Gasteiger partial charge in [-0.1, -0.05) is 6.92 Å². The molecule has 0 saturated carbocycles. The molecular weight excluding hydrogens is 308 g/mol. The third-order valence-electron chi connectivity index (χ3n) is 2.78. The first kappa shape index (κ1) is 24.2. The van der Waals surface area contributed by atoms with Crippen molar-refractivity contribution in [3.05, 3.63) is 0 Å². The van der Waals surface area contributed by atoms with Gasteiger partial charge in [-0.2, -0.15) is 0 Å². The Morgan fingerprint density at radius 2 is 1.45 bits per heavy atom. The molecule has 0 bridgehead atoms. The lowest BCUT2D eigenvalue weighted by atomic mass is 10.4. The Kier molecular flexibility index (Phi) is 19.0. The van der Waals surface area contributed by atoms with Crippen LogP contribution < -0.4 is 0 Å². The number of rotatable bonds is 13. The number of hydrogen-bond donors (Lipinski definition) is 1. The first-order valence-electron chi connectivity index (χ1n) is 7.44. The summed E-state index contributed by atoms with van der Waals surface area (Å²) in [6.07, 6.45) is 1.31. The molecule has 0 amide bonds. The van der Waals surface area contributed by atoms with Crippen LogP contribution in [-0.2, 0) is 27.5 Å². The average Bonchev–Trinajstić information content (AvgIpc) is 2.53. The molecule has 0 radical (unpaired) electrons. The first-order valence-corrected chi connectivity index (χ1v) is 9.38. The van der Waals surface area contributed by atoms with Crippen LogP contribution in [0, 0.1) is 0 Å². The monoisotopic (exact) mass is 342 g/mol. The number of methoxy groups -OCH3 is 2. The van der Waals surface area contributed by atoms with Gasteiger partial charge in [0.1, 0.15) is 6.10 Å². The van der Waals surface area contributed by atoms with Crippen LogP contribution >= 0.6 is 0 Å². The van der Waals surface area contributed by atoms with E-state index in [1.165, 1.54) is 0 Å². The van der Waals surface area contributed by atoms with Crippen molar-refractivity contribution >= 4 is 8.80 Å². The zero-order chi connectivity index (χ0) is 17.3. The van der Waals surface area contributed by atoms with Crippen LogP contribution in [0.5, 0.6) is 0 Å². The summed E-state index contributed by atoms with van der Waals surface area (Å²) in [7, 11) is 5.53. The van der Waals surface area contributed by atoms with Gasteiger partial charge in [-0.15, -0.1) is 0 Å². The summed E-state index contributed by atoms with van der Waals surface area (Å²) >= 11 is 0. The highest BCUT2D eigenvalue weighted by Gasteiger charge is 2.36. The summed E-state index contributed by atoms with van der Waals surface area (Å²) in [5.74, 6) is 0. The zero-order valence-corrected chi connectivity index (χ0v) is 15.9. The van der Waals surface area contributed by atoms with E-state index in [4.69, 9.17) is 27.5 Å². The Balaban J connectivity index is 0. The molecule has 0 aromatic rings. The Morgan fingerprint density at radius 3 is 1.82 bits per heavy atom. The Bertz CT molecular complexity index is 205. The van der Waals surface area contributed by atoms with E-state index in [0.717, 1.165) is 19.4 Å². The van der Waals surface area contributed by atoms with E-state index < -0.39 is 14.9 Å². The third kappa shape index (κ3) is 13.6. The maximum absolute atomic E-state index is 9.33. The molecular formula is C14H34O7Si. The fourth-order valence-electron chi connectivity index (χ4n) is 1.61. The van der Waals surface area contributed by atoms with Crippen molar-refractivity contribution in [1.29, 1.82) is 0 Å². The summed E-state index contributed by atoms with van der Waals surface area (Å²) in [5.41, 5.74) is 0. The Hall–Kier alpha value is -0.0631. The normalized spacial score (nSPS) is 12.7. The molecule has 0 rings (SSSR count). The highest BCUT2D eigenvalue weighted by atomic mass is 28.4. The summed E-state index contributed by atoms with van der Waals surface area (Å²) in [4.78, 5) is 0. The Labute approximate surface area is 136 Å². The molecule has 0 aromatic carbocycles. The minimum Gasteiger partial charge on any atom is -0.388 e. The molecule has 0 heterocycles. The fourth-order valence-corrected chi connectivity index (χ4v) is 3.30. The lowest BCUT2D eigenvalue weighted by molar-refractivity contribution is -0.00661. The summed E-state index contributed by atoms with van der Waals surface area (Å²) in [6, 6.07) is 0.691. The predicted molar refractivity (Wildman–Crippen MR) is 87.1 cm³/mol. The molecule has 0 saturated heterocycles. The van der Waals surface area contributed by atoms with Gasteiger partial charge in [0.2, 0.25) is 0 Å². The van der Waals surface area contributed by atoms with E-state index in [1.807, 2.05) is 0 Å². The van der Waals surface area contributed by atoms with Crippen molar-refractivity contribution in [2.45, 2.75) is 31.9 Å². The van der Waals surface area contributed by atoms with E-state index in [-0.39, 0.29) is 13.2 Å². The molecule has 1 unspecified atom stereocenters. The van der Waals surface area contributed by atoms with Crippen LogP contribution in [0.15, 0.2) is 0 Å². The van der Waals surface area contributed by atoms with Crippen molar-refractivity contribution in [2.24, 2.45) is 0 Å². The third-order valence-corrected chi connectivity index (χ3v) is 5.61. The molecule has 0 aliphatic carbocycles. The molecule has 0 aliphatic heterocycles. The van der Waals surface area contributed by atoms with E-state index in [0.29, 0.717) is 12.7 Å². The highest BCUT2D eigenvalue weighted by Crippen LogP contribution is 2.14. The largest absolute Gasteiger partial charge is 0.500 e. The second kappa shape index (κ2) is 17.3. The number of ether oxygens (including phenoxy) is 3. The molecule has 1 atom stereocenters. The van der Waals surface area contributed by atoms with Gasteiger partial charge in [0.05, 0.1) is 13.2 Å². The van der Waals surface area contributed by atoms with Crippen LogP contribution in [-0.4, -0.2) is 82.0 Å². The van der Waals surface area contributed by atoms with E-state index in [1.54, 1.807) is 35.5 Å². The van der Waals surface area contributed by atoms with Gasteiger partial charge in [-0.25, -0.2) is 0 Å². The molecule has 0 fully saturated rings. The van der Waals surface area contributed by atoms with Crippen molar-refractivity contribution in [1.82, 2.24) is 0 Å². The lowest BCUT2D eigenvalue weighted by Gasteiger charge is -2.24. The minimum atomic E-state index is -2.48. The van der Waals surface area contributed by atoms with Crippen LogP contribution in [0.4, 0.5) is 0 Å². The van der Waals surface area contributed by atoms with Crippen molar-refractivity contribution in [3.63, 3.8) is 0 Å². The zero-order valence-electron chi connectivity index (χ0n) is 14.9. The fraction of sp³-hybridized carbons (Fsp3) is 1.00.